The predicted molar refractivity (Wildman–Crippen MR) is 120 cm³/mol. The largest absolute Gasteiger partial charge is 0.508 e. The smallest absolute Gasteiger partial charge is 0.257 e. The van der Waals surface area contributed by atoms with E-state index in [1.165, 1.54) is 7.11 Å². The average Bonchev–Trinajstić information content (AvgIpc) is 3.20. The fourth-order valence-electron chi connectivity index (χ4n) is 3.60. The van der Waals surface area contributed by atoms with E-state index in [1.54, 1.807) is 31.4 Å². The molecule has 0 atom stereocenters. The summed E-state index contributed by atoms with van der Waals surface area (Å²) < 4.78 is 10.5. The highest BCUT2D eigenvalue weighted by molar-refractivity contribution is 6.32. The van der Waals surface area contributed by atoms with Gasteiger partial charge in [-0.3, -0.25) is 4.79 Å². The second kappa shape index (κ2) is 8.80. The number of phenols is 1. The minimum atomic E-state index is -0.710. The Hall–Kier alpha value is -3.72. The fraction of sp³-hybridized carbons (Fsp3) is 0.227. The molecule has 0 aliphatic carbocycles. The van der Waals surface area contributed by atoms with Crippen molar-refractivity contribution in [3.05, 3.63) is 63.7 Å². The van der Waals surface area contributed by atoms with Crippen LogP contribution in [0.4, 0.5) is 11.8 Å². The van der Waals surface area contributed by atoms with Gasteiger partial charge in [-0.2, -0.15) is 9.97 Å². The van der Waals surface area contributed by atoms with E-state index in [0.717, 1.165) is 16.7 Å². The van der Waals surface area contributed by atoms with E-state index in [9.17, 15) is 9.90 Å². The van der Waals surface area contributed by atoms with Gasteiger partial charge < -0.3 is 30.5 Å². The number of aromatic hydroxyl groups is 1. The summed E-state index contributed by atoms with van der Waals surface area (Å²) in [5, 5.41) is 13.4. The first-order valence-electron chi connectivity index (χ1n) is 9.77. The highest BCUT2D eigenvalue weighted by Gasteiger charge is 2.26. The number of aromatic nitrogens is 2. The zero-order valence-corrected chi connectivity index (χ0v) is 18.3. The number of nitrogens with one attached hydrogen (secondary N) is 1. The molecule has 2 aromatic carbocycles. The topological polar surface area (TPSA) is 123 Å². The molecule has 0 spiro atoms. The lowest BCUT2D eigenvalue weighted by atomic mass is 10.1. The summed E-state index contributed by atoms with van der Waals surface area (Å²) in [4.78, 5) is 23.0. The minimum absolute atomic E-state index is 0.0604. The third-order valence-electron chi connectivity index (χ3n) is 5.18. The van der Waals surface area contributed by atoms with Crippen molar-refractivity contribution in [2.45, 2.75) is 19.6 Å². The molecule has 1 aliphatic rings. The molecule has 0 saturated heterocycles. The van der Waals surface area contributed by atoms with Gasteiger partial charge in [-0.1, -0.05) is 23.7 Å². The van der Waals surface area contributed by atoms with Crippen LogP contribution in [-0.2, 0) is 19.6 Å². The first kappa shape index (κ1) is 21.5. The molecule has 1 aromatic heterocycles. The van der Waals surface area contributed by atoms with Crippen molar-refractivity contribution in [1.82, 2.24) is 9.97 Å². The van der Waals surface area contributed by atoms with E-state index in [1.807, 2.05) is 17.0 Å². The Bertz CT molecular complexity index is 1190. The molecule has 4 N–H and O–H groups in total. The fourth-order valence-corrected chi connectivity index (χ4v) is 3.88. The quantitative estimate of drug-likeness (QED) is 0.496. The Labute approximate surface area is 189 Å². The van der Waals surface area contributed by atoms with Gasteiger partial charge in [0.1, 0.15) is 22.9 Å². The van der Waals surface area contributed by atoms with Gasteiger partial charge in [0.25, 0.3) is 5.91 Å². The summed E-state index contributed by atoms with van der Waals surface area (Å²) in [5.74, 6) is 0.769. The number of hydrogen-bond acceptors (Lipinski definition) is 8. The van der Waals surface area contributed by atoms with Crippen molar-refractivity contribution in [2.75, 3.05) is 24.4 Å². The molecule has 0 unspecified atom stereocenters. The normalized spacial score (nSPS) is 12.4. The van der Waals surface area contributed by atoms with E-state index >= 15 is 0 Å². The van der Waals surface area contributed by atoms with Crippen LogP contribution in [0.15, 0.2) is 36.4 Å². The lowest BCUT2D eigenvalue weighted by molar-refractivity contribution is 0.0997. The molecule has 9 nitrogen and oxygen atoms in total. The van der Waals surface area contributed by atoms with Crippen LogP contribution >= 0.6 is 11.6 Å². The van der Waals surface area contributed by atoms with Gasteiger partial charge in [-0.05, 0) is 41.0 Å². The van der Waals surface area contributed by atoms with Crippen LogP contribution in [0.25, 0.3) is 0 Å². The molecule has 1 amide bonds. The Morgan fingerprint density at radius 3 is 2.62 bits per heavy atom. The van der Waals surface area contributed by atoms with Crippen LogP contribution in [0.3, 0.4) is 0 Å². The second-order valence-corrected chi connectivity index (χ2v) is 7.66. The van der Waals surface area contributed by atoms with Gasteiger partial charge in [-0.25, -0.2) is 0 Å². The van der Waals surface area contributed by atoms with Crippen LogP contribution in [0.5, 0.6) is 17.4 Å². The van der Waals surface area contributed by atoms with Crippen molar-refractivity contribution in [3.63, 3.8) is 0 Å². The summed E-state index contributed by atoms with van der Waals surface area (Å²) in [5.41, 5.74) is 8.55. The molecule has 0 bridgehead atoms. The average molecular weight is 456 g/mol. The summed E-state index contributed by atoms with van der Waals surface area (Å²) in [6.45, 7) is 1.40. The van der Waals surface area contributed by atoms with Crippen molar-refractivity contribution in [1.29, 1.82) is 0 Å². The highest BCUT2D eigenvalue weighted by Crippen LogP contribution is 2.33. The summed E-state index contributed by atoms with van der Waals surface area (Å²) >= 11 is 6.21. The number of primary amides is 1. The van der Waals surface area contributed by atoms with Crippen LogP contribution in [-0.4, -0.2) is 35.2 Å². The maximum absolute atomic E-state index is 12.1. The number of hydrogen-bond donors (Lipinski definition) is 3. The first-order valence-corrected chi connectivity index (χ1v) is 10.1. The van der Waals surface area contributed by atoms with Gasteiger partial charge in [-0.15, -0.1) is 0 Å². The number of benzene rings is 2. The molecule has 4 rings (SSSR count). The van der Waals surface area contributed by atoms with E-state index in [2.05, 4.69) is 15.3 Å². The maximum atomic E-state index is 12.1. The Kier molecular flexibility index (Phi) is 5.91. The third kappa shape index (κ3) is 4.19. The molecule has 10 heteroatoms. The summed E-state index contributed by atoms with van der Waals surface area (Å²) in [6, 6.07) is 10.6. The number of rotatable bonds is 7. The van der Waals surface area contributed by atoms with Gasteiger partial charge in [0.05, 0.1) is 19.2 Å². The van der Waals surface area contributed by atoms with Crippen LogP contribution in [0.2, 0.25) is 5.02 Å². The highest BCUT2D eigenvalue weighted by atomic mass is 35.5. The predicted octanol–water partition coefficient (Wildman–Crippen LogP) is 3.08. The number of methoxy groups -OCH3 is 2. The van der Waals surface area contributed by atoms with Gasteiger partial charge >= 0.3 is 0 Å². The molecule has 2 heterocycles. The standard InChI is InChI=1S/C22H22ClN5O4/c1-31-17-6-3-12(7-16(17)23)9-25-20-18(19(24)30)21(32-2)27-22(26-20)28-10-13-4-5-15(29)8-14(13)11-28/h3-8,29H,9-11H2,1-2H3,(H2,24,30)(H,25,26,27). The molecule has 0 radical (unpaired) electrons. The lowest BCUT2D eigenvalue weighted by Crippen LogP contribution is -2.23. The monoisotopic (exact) mass is 455 g/mol. The Morgan fingerprint density at radius 1 is 1.16 bits per heavy atom. The van der Waals surface area contributed by atoms with Crippen molar-refractivity contribution in [2.24, 2.45) is 5.73 Å². The van der Waals surface area contributed by atoms with Crippen molar-refractivity contribution < 1.29 is 19.4 Å². The van der Waals surface area contributed by atoms with Gasteiger partial charge in [0, 0.05) is 19.6 Å². The summed E-state index contributed by atoms with van der Waals surface area (Å²) in [6.07, 6.45) is 0. The zero-order chi connectivity index (χ0) is 22.8. The number of fused-ring (bicyclic) bond motifs is 1. The number of halogens is 1. The Morgan fingerprint density at radius 2 is 1.94 bits per heavy atom. The SMILES string of the molecule is COc1ccc(CNc2nc(N3Cc4ccc(O)cc4C3)nc(OC)c2C(N)=O)cc1Cl. The molecular formula is C22H22ClN5O4. The van der Waals surface area contributed by atoms with Crippen LogP contribution < -0.4 is 25.4 Å². The number of amides is 1. The summed E-state index contributed by atoms with van der Waals surface area (Å²) in [7, 11) is 2.97. The number of carbonyl (C=O) groups is 1. The van der Waals surface area contributed by atoms with Gasteiger partial charge in [0.2, 0.25) is 11.8 Å². The van der Waals surface area contributed by atoms with E-state index < -0.39 is 5.91 Å². The van der Waals surface area contributed by atoms with E-state index in [-0.39, 0.29) is 23.0 Å². The van der Waals surface area contributed by atoms with Crippen molar-refractivity contribution in [3.8, 4) is 17.4 Å². The van der Waals surface area contributed by atoms with Crippen LogP contribution in [0, 0.1) is 0 Å². The molecule has 3 aromatic rings. The maximum Gasteiger partial charge on any atom is 0.257 e. The second-order valence-electron chi connectivity index (χ2n) is 7.25. The van der Waals surface area contributed by atoms with E-state index in [4.69, 9.17) is 26.8 Å². The molecular weight excluding hydrogens is 434 g/mol. The third-order valence-corrected chi connectivity index (χ3v) is 5.47. The Balaban J connectivity index is 1.65. The van der Waals surface area contributed by atoms with Gasteiger partial charge in [0.15, 0.2) is 0 Å². The molecule has 166 valence electrons. The molecule has 0 saturated carbocycles. The minimum Gasteiger partial charge on any atom is -0.508 e. The molecule has 32 heavy (non-hydrogen) atoms. The number of anilines is 2. The number of carbonyl (C=O) groups excluding carboxylic acids is 1. The lowest BCUT2D eigenvalue weighted by Gasteiger charge is -2.19. The van der Waals surface area contributed by atoms with E-state index in [0.29, 0.717) is 36.4 Å². The molecule has 0 fully saturated rings. The number of phenolic OH excluding ortho intramolecular Hbond substituents is 1. The molecule has 1 aliphatic heterocycles. The first-order chi connectivity index (χ1) is 15.4. The number of nitrogens with zero attached hydrogens (tertiary/aromatic N) is 3. The zero-order valence-electron chi connectivity index (χ0n) is 17.6. The number of nitrogens with two attached hydrogens (primary N) is 1. The number of ether oxygens (including phenoxy) is 2. The van der Waals surface area contributed by atoms with Crippen molar-refractivity contribution >= 4 is 29.3 Å². The van der Waals surface area contributed by atoms with Crippen LogP contribution in [0.1, 0.15) is 27.0 Å².